The molecule has 3 N–H and O–H groups in total. The molecule has 1 amide bonds. The van der Waals surface area contributed by atoms with E-state index in [0.717, 1.165) is 0 Å². The van der Waals surface area contributed by atoms with Gasteiger partial charge >= 0.3 is 0 Å². The normalized spacial score (nSPS) is 12.7. The van der Waals surface area contributed by atoms with Crippen LogP contribution in [0.25, 0.3) is 0 Å². The number of halogens is 1. The Balaban J connectivity index is 1.99. The zero-order chi connectivity index (χ0) is 19.6. The van der Waals surface area contributed by atoms with Gasteiger partial charge < -0.3 is 10.3 Å². The van der Waals surface area contributed by atoms with E-state index < -0.39 is 27.8 Å². The number of carbonyl (C=O) groups is 1. The van der Waals surface area contributed by atoms with Crippen LogP contribution in [0.3, 0.4) is 0 Å². The van der Waals surface area contributed by atoms with Gasteiger partial charge in [0.25, 0.3) is 0 Å². The van der Waals surface area contributed by atoms with Crippen LogP contribution in [0, 0.1) is 5.82 Å². The predicted molar refractivity (Wildman–Crippen MR) is 96.7 cm³/mol. The van der Waals surface area contributed by atoms with Gasteiger partial charge in [-0.05, 0) is 42.0 Å². The second-order valence-electron chi connectivity index (χ2n) is 5.89. The van der Waals surface area contributed by atoms with Crippen molar-refractivity contribution in [3.8, 4) is 0 Å². The Morgan fingerprint density at radius 1 is 1.15 bits per heavy atom. The second-order valence-corrected chi connectivity index (χ2v) is 7.60. The maximum Gasteiger partial charge on any atom is 0.248 e. The first-order valence-corrected chi connectivity index (χ1v) is 9.41. The lowest BCUT2D eigenvalue weighted by Gasteiger charge is -2.19. The third kappa shape index (κ3) is 4.04. The lowest BCUT2D eigenvalue weighted by atomic mass is 10.1. The average Bonchev–Trinajstić information content (AvgIpc) is 3.06. The number of hydrogen-bond acceptors (Lipinski definition) is 4. The molecular weight excluding hydrogens is 371 g/mol. The number of amides is 1. The first-order chi connectivity index (χ1) is 12.8. The number of sulfonamides is 1. The van der Waals surface area contributed by atoms with Crippen LogP contribution < -0.4 is 10.5 Å². The van der Waals surface area contributed by atoms with Gasteiger partial charge in [0, 0.05) is 25.0 Å². The molecule has 0 aliphatic carbocycles. The third-order valence-corrected chi connectivity index (χ3v) is 5.48. The molecule has 9 heteroatoms. The molecule has 1 atom stereocenters. The van der Waals surface area contributed by atoms with Gasteiger partial charge in [-0.1, -0.05) is 12.1 Å². The minimum atomic E-state index is -3.95. The number of imidazole rings is 1. The van der Waals surface area contributed by atoms with Gasteiger partial charge in [0.15, 0.2) is 0 Å². The van der Waals surface area contributed by atoms with Gasteiger partial charge in [0.05, 0.1) is 4.90 Å². The van der Waals surface area contributed by atoms with E-state index in [0.29, 0.717) is 11.4 Å². The Hall–Kier alpha value is -3.04. The average molecular weight is 388 g/mol. The Kier molecular flexibility index (Phi) is 5.06. The molecule has 27 heavy (non-hydrogen) atoms. The van der Waals surface area contributed by atoms with Crippen molar-refractivity contribution >= 4 is 15.9 Å². The largest absolute Gasteiger partial charge is 0.366 e. The minimum absolute atomic E-state index is 0.0335. The number of benzene rings is 2. The predicted octanol–water partition coefficient (Wildman–Crippen LogP) is 1.73. The molecule has 0 saturated carbocycles. The number of rotatable bonds is 6. The summed E-state index contributed by atoms with van der Waals surface area (Å²) in [4.78, 5) is 15.3. The summed E-state index contributed by atoms with van der Waals surface area (Å²) < 4.78 is 43.2. The monoisotopic (exact) mass is 388 g/mol. The Morgan fingerprint density at radius 2 is 1.78 bits per heavy atom. The topological polar surface area (TPSA) is 107 Å². The van der Waals surface area contributed by atoms with Crippen molar-refractivity contribution in [3.63, 3.8) is 0 Å². The number of aromatic nitrogens is 2. The van der Waals surface area contributed by atoms with Crippen molar-refractivity contribution in [2.45, 2.75) is 10.9 Å². The van der Waals surface area contributed by atoms with Gasteiger partial charge in [-0.25, -0.2) is 17.8 Å². The highest BCUT2D eigenvalue weighted by molar-refractivity contribution is 7.89. The SMILES string of the molecule is Cn1ccnc1C(NS(=O)(=O)c1ccc(C(N)=O)cc1)c1ccc(F)cc1. The van der Waals surface area contributed by atoms with Crippen LogP contribution in [0.2, 0.25) is 0 Å². The number of nitrogens with two attached hydrogens (primary N) is 1. The Morgan fingerprint density at radius 3 is 2.30 bits per heavy atom. The molecule has 0 aliphatic rings. The van der Waals surface area contributed by atoms with E-state index in [9.17, 15) is 17.6 Å². The van der Waals surface area contributed by atoms with Gasteiger partial charge in [0.2, 0.25) is 15.9 Å². The summed E-state index contributed by atoms with van der Waals surface area (Å²) in [5.74, 6) is -0.634. The van der Waals surface area contributed by atoms with Gasteiger partial charge in [0.1, 0.15) is 17.7 Å². The van der Waals surface area contributed by atoms with Crippen LogP contribution in [-0.2, 0) is 17.1 Å². The van der Waals surface area contributed by atoms with Crippen molar-refractivity contribution in [1.29, 1.82) is 0 Å². The van der Waals surface area contributed by atoms with Crippen LogP contribution >= 0.6 is 0 Å². The summed E-state index contributed by atoms with van der Waals surface area (Å²) >= 11 is 0. The molecule has 3 rings (SSSR count). The van der Waals surface area contributed by atoms with E-state index in [1.165, 1.54) is 48.5 Å². The van der Waals surface area contributed by atoms with Crippen molar-refractivity contribution in [3.05, 3.63) is 83.7 Å². The zero-order valence-electron chi connectivity index (χ0n) is 14.3. The summed E-state index contributed by atoms with van der Waals surface area (Å²) in [7, 11) is -2.22. The molecule has 1 aromatic heterocycles. The van der Waals surface area contributed by atoms with Crippen LogP contribution in [-0.4, -0.2) is 23.9 Å². The van der Waals surface area contributed by atoms with Gasteiger partial charge in [-0.15, -0.1) is 0 Å². The van der Waals surface area contributed by atoms with Gasteiger partial charge in [-0.2, -0.15) is 4.72 Å². The fourth-order valence-electron chi connectivity index (χ4n) is 2.60. The van der Waals surface area contributed by atoms with E-state index in [-0.39, 0.29) is 10.5 Å². The number of aryl methyl sites for hydroxylation is 1. The summed E-state index contributed by atoms with van der Waals surface area (Å²) in [5.41, 5.74) is 5.91. The fourth-order valence-corrected chi connectivity index (χ4v) is 3.78. The highest BCUT2D eigenvalue weighted by Crippen LogP contribution is 2.24. The fraction of sp³-hybridized carbons (Fsp3) is 0.111. The molecule has 0 saturated heterocycles. The number of hydrogen-bond donors (Lipinski definition) is 2. The summed E-state index contributed by atoms with van der Waals surface area (Å²) in [6, 6.07) is 9.93. The Labute approximate surface area is 155 Å². The summed E-state index contributed by atoms with van der Waals surface area (Å²) in [6.07, 6.45) is 3.23. The van der Waals surface area contributed by atoms with Crippen LogP contribution in [0.15, 0.2) is 65.8 Å². The number of nitrogens with zero attached hydrogens (tertiary/aromatic N) is 2. The number of nitrogens with one attached hydrogen (secondary N) is 1. The van der Waals surface area contributed by atoms with E-state index in [1.54, 1.807) is 24.0 Å². The third-order valence-electron chi connectivity index (χ3n) is 4.04. The molecule has 7 nitrogen and oxygen atoms in total. The van der Waals surface area contributed by atoms with E-state index in [1.807, 2.05) is 0 Å². The van der Waals surface area contributed by atoms with Crippen LogP contribution in [0.1, 0.15) is 27.8 Å². The van der Waals surface area contributed by atoms with Crippen LogP contribution in [0.4, 0.5) is 4.39 Å². The molecule has 0 spiro atoms. The van der Waals surface area contributed by atoms with E-state index >= 15 is 0 Å². The van der Waals surface area contributed by atoms with Gasteiger partial charge in [-0.3, -0.25) is 4.79 Å². The number of primary amides is 1. The molecule has 0 radical (unpaired) electrons. The molecule has 1 unspecified atom stereocenters. The molecule has 2 aromatic carbocycles. The van der Waals surface area contributed by atoms with Crippen molar-refractivity contribution in [2.75, 3.05) is 0 Å². The quantitative estimate of drug-likeness (QED) is 0.670. The highest BCUT2D eigenvalue weighted by Gasteiger charge is 2.26. The van der Waals surface area contributed by atoms with Crippen LogP contribution in [0.5, 0.6) is 0 Å². The smallest absolute Gasteiger partial charge is 0.248 e. The first-order valence-electron chi connectivity index (χ1n) is 7.93. The molecule has 0 fully saturated rings. The zero-order valence-corrected chi connectivity index (χ0v) is 15.2. The van der Waals surface area contributed by atoms with Crippen molar-refractivity contribution in [1.82, 2.24) is 14.3 Å². The molecule has 0 aliphatic heterocycles. The summed E-state index contributed by atoms with van der Waals surface area (Å²) in [6.45, 7) is 0. The maximum absolute atomic E-state index is 13.3. The molecule has 1 heterocycles. The molecule has 3 aromatic rings. The standard InChI is InChI=1S/C18H17FN4O3S/c1-23-11-10-21-18(23)16(12-2-6-14(19)7-3-12)22-27(25,26)15-8-4-13(5-9-15)17(20)24/h2-11,16,22H,1H3,(H2,20,24). The number of carbonyl (C=O) groups excluding carboxylic acids is 1. The van der Waals surface area contributed by atoms with Crippen molar-refractivity contribution in [2.24, 2.45) is 12.8 Å². The lowest BCUT2D eigenvalue weighted by Crippen LogP contribution is -2.31. The highest BCUT2D eigenvalue weighted by atomic mass is 32.2. The molecule has 140 valence electrons. The Bertz CT molecular complexity index is 1060. The second kappa shape index (κ2) is 7.29. The minimum Gasteiger partial charge on any atom is -0.366 e. The molecule has 0 bridgehead atoms. The van der Waals surface area contributed by atoms with E-state index in [4.69, 9.17) is 5.73 Å². The first kappa shape index (κ1) is 18.7. The lowest BCUT2D eigenvalue weighted by molar-refractivity contribution is 0.1000. The molecular formula is C18H17FN4O3S. The van der Waals surface area contributed by atoms with E-state index in [2.05, 4.69) is 9.71 Å². The summed E-state index contributed by atoms with van der Waals surface area (Å²) in [5, 5.41) is 0. The maximum atomic E-state index is 13.3. The van der Waals surface area contributed by atoms with Crippen molar-refractivity contribution < 1.29 is 17.6 Å².